The number of nitrogens with one attached hydrogen (secondary N) is 2. The average Bonchev–Trinajstić information content (AvgIpc) is 2.71. The molecule has 0 aliphatic carbocycles. The highest BCUT2D eigenvalue weighted by molar-refractivity contribution is 7.45. The zero-order chi connectivity index (χ0) is 21.7. The van der Waals surface area contributed by atoms with Crippen LogP contribution in [-0.2, 0) is 11.2 Å². The summed E-state index contributed by atoms with van der Waals surface area (Å²) >= 11 is 5.69. The molecule has 1 heterocycles. The molecule has 7 heteroatoms. The molecule has 0 aromatic heterocycles. The van der Waals surface area contributed by atoms with Crippen LogP contribution in [0.25, 0.3) is 0 Å². The van der Waals surface area contributed by atoms with Crippen LogP contribution in [0.1, 0.15) is 31.0 Å². The van der Waals surface area contributed by atoms with E-state index in [1.165, 1.54) is 12.1 Å². The first kappa shape index (κ1) is 22.4. The number of rotatable bonds is 6. The molecule has 0 fully saturated rings. The number of benzene rings is 2. The summed E-state index contributed by atoms with van der Waals surface area (Å²) in [4.78, 5) is 16.8. The van der Waals surface area contributed by atoms with E-state index in [1.54, 1.807) is 6.07 Å². The van der Waals surface area contributed by atoms with Crippen LogP contribution in [0.5, 0.6) is 0 Å². The summed E-state index contributed by atoms with van der Waals surface area (Å²) in [6.07, 6.45) is 3.97. The maximum Gasteiger partial charge on any atom is 0.228 e. The van der Waals surface area contributed by atoms with E-state index in [9.17, 15) is 9.18 Å². The van der Waals surface area contributed by atoms with Gasteiger partial charge in [-0.2, -0.15) is 0 Å². The average molecular weight is 444 g/mol. The van der Waals surface area contributed by atoms with Crippen molar-refractivity contribution in [1.29, 1.82) is 0 Å². The SMILES string of the molecule is C=C1PC(NC(C)c2cccc(NC(=O)Cc3ccc(Cl)c(F)c3)c2)C=N/C1=C/C. The molecule has 1 aliphatic heterocycles. The zero-order valence-corrected chi connectivity index (χ0v) is 18.6. The van der Waals surface area contributed by atoms with Gasteiger partial charge in [-0.3, -0.25) is 15.1 Å². The third kappa shape index (κ3) is 5.85. The minimum Gasteiger partial charge on any atom is -0.326 e. The Kier molecular flexibility index (Phi) is 7.54. The summed E-state index contributed by atoms with van der Waals surface area (Å²) in [7, 11) is 0.534. The first-order chi connectivity index (χ1) is 14.4. The molecular weight excluding hydrogens is 420 g/mol. The van der Waals surface area contributed by atoms with Gasteiger partial charge in [-0.05, 0) is 54.6 Å². The molecule has 1 amide bonds. The number of carbonyl (C=O) groups excluding carboxylic acids is 1. The molecule has 3 unspecified atom stereocenters. The summed E-state index contributed by atoms with van der Waals surface area (Å²) in [6.45, 7) is 8.13. The fraction of sp³-hybridized carbons (Fsp3) is 0.217. The van der Waals surface area contributed by atoms with Gasteiger partial charge in [-0.15, -0.1) is 0 Å². The molecule has 4 nitrogen and oxygen atoms in total. The Morgan fingerprint density at radius 3 is 2.87 bits per heavy atom. The Morgan fingerprint density at radius 1 is 1.37 bits per heavy atom. The molecule has 2 N–H and O–H groups in total. The number of hydrogen-bond donors (Lipinski definition) is 2. The van der Waals surface area contributed by atoms with Crippen molar-refractivity contribution in [3.8, 4) is 0 Å². The second-order valence-electron chi connectivity index (χ2n) is 7.04. The third-order valence-electron chi connectivity index (χ3n) is 4.72. The van der Waals surface area contributed by atoms with Gasteiger partial charge in [-0.25, -0.2) is 4.39 Å². The van der Waals surface area contributed by atoms with Gasteiger partial charge >= 0.3 is 0 Å². The van der Waals surface area contributed by atoms with Crippen LogP contribution < -0.4 is 10.6 Å². The lowest BCUT2D eigenvalue weighted by molar-refractivity contribution is -0.115. The standard InChI is InChI=1S/C23H24ClFN3OP/c1-4-21-15(3)30-23(13-26-21)27-14(2)17-6-5-7-18(12-17)28-22(29)11-16-8-9-19(24)20(25)10-16/h4-10,12-14,23,27,30H,3,11H2,1-2H3,(H,28,29)/b21-4+. The van der Waals surface area contributed by atoms with E-state index in [-0.39, 0.29) is 29.2 Å². The van der Waals surface area contributed by atoms with E-state index < -0.39 is 5.82 Å². The van der Waals surface area contributed by atoms with Gasteiger partial charge in [0, 0.05) is 17.9 Å². The van der Waals surface area contributed by atoms with Gasteiger partial charge in [0.2, 0.25) is 5.91 Å². The van der Waals surface area contributed by atoms with Crippen molar-refractivity contribution in [2.45, 2.75) is 32.1 Å². The highest BCUT2D eigenvalue weighted by atomic mass is 35.5. The van der Waals surface area contributed by atoms with E-state index in [1.807, 2.05) is 43.5 Å². The Hall–Kier alpha value is -2.33. The normalized spacial score (nSPS) is 19.3. The molecule has 0 radical (unpaired) electrons. The number of anilines is 1. The minimum atomic E-state index is -0.528. The zero-order valence-electron chi connectivity index (χ0n) is 16.9. The first-order valence-electron chi connectivity index (χ1n) is 9.62. The van der Waals surface area contributed by atoms with E-state index in [2.05, 4.69) is 29.1 Å². The summed E-state index contributed by atoms with van der Waals surface area (Å²) in [5.41, 5.74) is 3.26. The number of aliphatic imine (C=N–C) groups is 1. The second kappa shape index (κ2) is 10.1. The molecule has 0 saturated heterocycles. The lowest BCUT2D eigenvalue weighted by Gasteiger charge is -2.25. The number of hydrogen-bond acceptors (Lipinski definition) is 3. The van der Waals surface area contributed by atoms with Crippen LogP contribution in [0, 0.1) is 5.82 Å². The van der Waals surface area contributed by atoms with E-state index in [4.69, 9.17) is 11.6 Å². The van der Waals surface area contributed by atoms with Crippen molar-refractivity contribution >= 4 is 38.0 Å². The van der Waals surface area contributed by atoms with Gasteiger partial charge in [0.15, 0.2) is 0 Å². The molecular formula is C23H24ClFN3OP. The van der Waals surface area contributed by atoms with Crippen molar-refractivity contribution in [2.75, 3.05) is 5.32 Å². The van der Waals surface area contributed by atoms with Crippen molar-refractivity contribution in [2.24, 2.45) is 4.99 Å². The van der Waals surface area contributed by atoms with E-state index in [0.29, 0.717) is 19.8 Å². The van der Waals surface area contributed by atoms with Crippen LogP contribution >= 0.6 is 20.2 Å². The Morgan fingerprint density at radius 2 is 2.17 bits per heavy atom. The fourth-order valence-corrected chi connectivity index (χ4v) is 4.49. The van der Waals surface area contributed by atoms with Gasteiger partial charge in [0.05, 0.1) is 22.9 Å². The number of nitrogens with zero attached hydrogens (tertiary/aromatic N) is 1. The topological polar surface area (TPSA) is 53.5 Å². The molecule has 0 saturated carbocycles. The molecule has 2 aromatic rings. The Labute approximate surface area is 183 Å². The number of allylic oxidation sites excluding steroid dienone is 2. The predicted molar refractivity (Wildman–Crippen MR) is 125 cm³/mol. The first-order valence-corrected chi connectivity index (χ1v) is 11.1. The molecule has 1 aliphatic rings. The van der Waals surface area contributed by atoms with Gasteiger partial charge in [0.25, 0.3) is 0 Å². The Balaban J connectivity index is 1.61. The van der Waals surface area contributed by atoms with Crippen LogP contribution in [0.2, 0.25) is 5.02 Å². The maximum atomic E-state index is 13.6. The largest absolute Gasteiger partial charge is 0.326 e. The quantitative estimate of drug-likeness (QED) is 0.553. The van der Waals surface area contributed by atoms with Crippen molar-refractivity contribution < 1.29 is 9.18 Å². The monoisotopic (exact) mass is 443 g/mol. The molecule has 2 aromatic carbocycles. The minimum absolute atomic E-state index is 0.0440. The second-order valence-corrected chi connectivity index (χ2v) is 8.96. The summed E-state index contributed by atoms with van der Waals surface area (Å²) < 4.78 is 13.6. The van der Waals surface area contributed by atoms with Crippen molar-refractivity contribution in [3.63, 3.8) is 0 Å². The summed E-state index contributed by atoms with van der Waals surface area (Å²) in [5, 5.41) is 7.52. The van der Waals surface area contributed by atoms with Gasteiger partial charge in [-0.1, -0.05) is 51.0 Å². The number of amides is 1. The lowest BCUT2D eigenvalue weighted by atomic mass is 10.1. The Bertz CT molecular complexity index is 1020. The van der Waals surface area contributed by atoms with Crippen molar-refractivity contribution in [1.82, 2.24) is 5.32 Å². The molecule has 30 heavy (non-hydrogen) atoms. The van der Waals surface area contributed by atoms with Gasteiger partial charge in [0.1, 0.15) is 5.82 Å². The molecule has 0 bridgehead atoms. The van der Waals surface area contributed by atoms with Crippen molar-refractivity contribution in [3.05, 3.63) is 88.1 Å². The summed E-state index contributed by atoms with van der Waals surface area (Å²) in [5.74, 6) is -0.611. The molecule has 3 rings (SSSR count). The molecule has 3 atom stereocenters. The van der Waals surface area contributed by atoms with E-state index >= 15 is 0 Å². The van der Waals surface area contributed by atoms with Crippen LogP contribution in [0.15, 0.2) is 71.1 Å². The lowest BCUT2D eigenvalue weighted by Crippen LogP contribution is -2.30. The van der Waals surface area contributed by atoms with Gasteiger partial charge < -0.3 is 5.32 Å². The predicted octanol–water partition coefficient (Wildman–Crippen LogP) is 5.82. The smallest absolute Gasteiger partial charge is 0.228 e. The highest BCUT2D eigenvalue weighted by Crippen LogP contribution is 2.36. The third-order valence-corrected chi connectivity index (χ3v) is 6.26. The molecule has 0 spiro atoms. The van der Waals surface area contributed by atoms with Crippen LogP contribution in [0.4, 0.5) is 10.1 Å². The highest BCUT2D eigenvalue weighted by Gasteiger charge is 2.18. The maximum absolute atomic E-state index is 13.6. The van der Waals surface area contributed by atoms with Crippen LogP contribution in [0.3, 0.4) is 0 Å². The number of carbonyl (C=O) groups is 1. The molecule has 156 valence electrons. The summed E-state index contributed by atoms with van der Waals surface area (Å²) in [6, 6.07) is 12.1. The van der Waals surface area contributed by atoms with Crippen LogP contribution in [-0.4, -0.2) is 17.9 Å². The fourth-order valence-electron chi connectivity index (χ4n) is 3.16. The van der Waals surface area contributed by atoms with E-state index in [0.717, 1.165) is 16.6 Å². The number of halogens is 2.